The number of H-pyrrole nitrogens is 1. The van der Waals surface area contributed by atoms with Gasteiger partial charge in [-0.05, 0) is 77.6 Å². The van der Waals surface area contributed by atoms with Crippen LogP contribution in [-0.2, 0) is 0 Å². The number of nitrogens with one attached hydrogen (secondary N) is 1. The predicted octanol–water partition coefficient (Wildman–Crippen LogP) is 5.68. The molecule has 3 aromatic rings. The van der Waals surface area contributed by atoms with E-state index in [2.05, 4.69) is 91.4 Å². The summed E-state index contributed by atoms with van der Waals surface area (Å²) in [6.07, 6.45) is 0. The molecule has 0 bridgehead atoms. The van der Waals surface area contributed by atoms with E-state index in [1.165, 1.54) is 9.13 Å². The standard InChI is InChI=1S/C15H12BrIN2S/c1-9(10-3-2-4-11(16)7-10)19-14-6-5-12(17)8-13(14)18-15(19)20/h2-9H,1H3,(H,18,20). The topological polar surface area (TPSA) is 20.7 Å². The highest BCUT2D eigenvalue weighted by Crippen LogP contribution is 2.26. The summed E-state index contributed by atoms with van der Waals surface area (Å²) in [5.74, 6) is 0. The van der Waals surface area contributed by atoms with Gasteiger partial charge in [0.05, 0.1) is 17.1 Å². The van der Waals surface area contributed by atoms with Crippen LogP contribution in [0.3, 0.4) is 0 Å². The van der Waals surface area contributed by atoms with E-state index in [9.17, 15) is 0 Å². The third-order valence-electron chi connectivity index (χ3n) is 3.40. The fourth-order valence-electron chi connectivity index (χ4n) is 2.40. The lowest BCUT2D eigenvalue weighted by molar-refractivity contribution is 0.649. The molecular formula is C15H12BrIN2S. The van der Waals surface area contributed by atoms with Crippen molar-refractivity contribution in [2.24, 2.45) is 0 Å². The summed E-state index contributed by atoms with van der Waals surface area (Å²) in [7, 11) is 0. The molecule has 0 spiro atoms. The van der Waals surface area contributed by atoms with Crippen LogP contribution in [0, 0.1) is 8.34 Å². The number of halogens is 2. The molecule has 0 radical (unpaired) electrons. The molecular weight excluding hydrogens is 447 g/mol. The second-order valence-electron chi connectivity index (χ2n) is 4.69. The first-order valence-electron chi connectivity index (χ1n) is 6.21. The highest BCUT2D eigenvalue weighted by Gasteiger charge is 2.13. The first kappa shape index (κ1) is 14.3. The van der Waals surface area contributed by atoms with E-state index in [1.807, 2.05) is 6.07 Å². The molecule has 3 rings (SSSR count). The summed E-state index contributed by atoms with van der Waals surface area (Å²) in [5.41, 5.74) is 3.46. The zero-order valence-corrected chi connectivity index (χ0v) is 15.3. The number of benzene rings is 2. The summed E-state index contributed by atoms with van der Waals surface area (Å²) in [4.78, 5) is 3.29. The van der Waals surface area contributed by atoms with E-state index in [4.69, 9.17) is 12.2 Å². The van der Waals surface area contributed by atoms with E-state index in [0.717, 1.165) is 20.3 Å². The predicted molar refractivity (Wildman–Crippen MR) is 97.8 cm³/mol. The summed E-state index contributed by atoms with van der Waals surface area (Å²) >= 11 is 11.3. The number of aromatic amines is 1. The minimum atomic E-state index is 0.189. The first-order chi connectivity index (χ1) is 9.56. The molecule has 0 amide bonds. The Hall–Kier alpha value is -0.660. The van der Waals surface area contributed by atoms with Crippen molar-refractivity contribution in [2.45, 2.75) is 13.0 Å². The van der Waals surface area contributed by atoms with Crippen molar-refractivity contribution < 1.29 is 0 Å². The average molecular weight is 459 g/mol. The summed E-state index contributed by atoms with van der Waals surface area (Å²) in [6.45, 7) is 2.17. The van der Waals surface area contributed by atoms with Crippen LogP contribution in [0.2, 0.25) is 0 Å². The lowest BCUT2D eigenvalue weighted by Gasteiger charge is -2.15. The lowest BCUT2D eigenvalue weighted by atomic mass is 10.1. The minimum absolute atomic E-state index is 0.189. The van der Waals surface area contributed by atoms with Gasteiger partial charge >= 0.3 is 0 Å². The van der Waals surface area contributed by atoms with Crippen LogP contribution in [0.1, 0.15) is 18.5 Å². The Morgan fingerprint density at radius 1 is 1.25 bits per heavy atom. The van der Waals surface area contributed by atoms with Crippen LogP contribution in [0.25, 0.3) is 11.0 Å². The maximum Gasteiger partial charge on any atom is 0.178 e. The molecule has 0 aliphatic rings. The van der Waals surface area contributed by atoms with Crippen LogP contribution in [0.4, 0.5) is 0 Å². The number of nitrogens with zero attached hydrogens (tertiary/aromatic N) is 1. The van der Waals surface area contributed by atoms with Gasteiger partial charge in [-0.2, -0.15) is 0 Å². The number of fused-ring (bicyclic) bond motifs is 1. The molecule has 1 N–H and O–H groups in total. The molecule has 20 heavy (non-hydrogen) atoms. The molecule has 2 nitrogen and oxygen atoms in total. The molecule has 102 valence electrons. The second kappa shape index (κ2) is 5.61. The lowest BCUT2D eigenvalue weighted by Crippen LogP contribution is -2.06. The maximum atomic E-state index is 5.50. The van der Waals surface area contributed by atoms with Crippen LogP contribution >= 0.6 is 50.7 Å². The highest BCUT2D eigenvalue weighted by molar-refractivity contribution is 14.1. The maximum absolute atomic E-state index is 5.50. The zero-order valence-electron chi connectivity index (χ0n) is 10.7. The molecule has 0 aliphatic carbocycles. The van der Waals surface area contributed by atoms with Crippen LogP contribution < -0.4 is 0 Å². The monoisotopic (exact) mass is 458 g/mol. The Balaban J connectivity index is 2.19. The average Bonchev–Trinajstić information content (AvgIpc) is 2.73. The molecule has 0 saturated carbocycles. The van der Waals surface area contributed by atoms with Gasteiger partial charge in [0.25, 0.3) is 0 Å². The van der Waals surface area contributed by atoms with Gasteiger partial charge in [-0.25, -0.2) is 0 Å². The van der Waals surface area contributed by atoms with E-state index >= 15 is 0 Å². The third-order valence-corrected chi connectivity index (χ3v) is 4.86. The van der Waals surface area contributed by atoms with Crippen molar-refractivity contribution in [3.05, 3.63) is 60.8 Å². The van der Waals surface area contributed by atoms with Gasteiger partial charge in [0.15, 0.2) is 4.77 Å². The smallest absolute Gasteiger partial charge is 0.178 e. The molecule has 1 aromatic heterocycles. The van der Waals surface area contributed by atoms with Gasteiger partial charge in [-0.1, -0.05) is 28.1 Å². The summed E-state index contributed by atoms with van der Waals surface area (Å²) in [5, 5.41) is 0. The fraction of sp³-hybridized carbons (Fsp3) is 0.133. The van der Waals surface area contributed by atoms with Crippen molar-refractivity contribution in [3.63, 3.8) is 0 Å². The number of hydrogen-bond acceptors (Lipinski definition) is 1. The summed E-state index contributed by atoms with van der Waals surface area (Å²) in [6, 6.07) is 14.9. The SMILES string of the molecule is CC(c1cccc(Br)c1)n1c(=S)[nH]c2cc(I)ccc21. The van der Waals surface area contributed by atoms with Crippen molar-refractivity contribution >= 4 is 61.8 Å². The Morgan fingerprint density at radius 3 is 2.80 bits per heavy atom. The van der Waals surface area contributed by atoms with Gasteiger partial charge in [0.1, 0.15) is 0 Å². The Kier molecular flexibility index (Phi) is 4.01. The fourth-order valence-corrected chi connectivity index (χ4v) is 3.68. The first-order valence-corrected chi connectivity index (χ1v) is 8.49. The largest absolute Gasteiger partial charge is 0.331 e. The van der Waals surface area contributed by atoms with E-state index in [-0.39, 0.29) is 6.04 Å². The van der Waals surface area contributed by atoms with Crippen molar-refractivity contribution in [2.75, 3.05) is 0 Å². The van der Waals surface area contributed by atoms with Gasteiger partial charge in [-0.3, -0.25) is 0 Å². The van der Waals surface area contributed by atoms with E-state index < -0.39 is 0 Å². The number of rotatable bonds is 2. The normalized spacial score (nSPS) is 12.8. The van der Waals surface area contributed by atoms with Crippen LogP contribution in [-0.4, -0.2) is 9.55 Å². The van der Waals surface area contributed by atoms with Crippen molar-refractivity contribution in [1.29, 1.82) is 0 Å². The molecule has 2 aromatic carbocycles. The Morgan fingerprint density at radius 2 is 2.05 bits per heavy atom. The van der Waals surface area contributed by atoms with Crippen LogP contribution in [0.5, 0.6) is 0 Å². The molecule has 5 heteroatoms. The van der Waals surface area contributed by atoms with Crippen LogP contribution in [0.15, 0.2) is 46.9 Å². The number of imidazole rings is 1. The molecule has 1 heterocycles. The molecule has 1 unspecified atom stereocenters. The van der Waals surface area contributed by atoms with Gasteiger partial charge in [0, 0.05) is 8.04 Å². The highest BCUT2D eigenvalue weighted by atomic mass is 127. The number of hydrogen-bond donors (Lipinski definition) is 1. The second-order valence-corrected chi connectivity index (χ2v) is 7.24. The van der Waals surface area contributed by atoms with E-state index in [0.29, 0.717) is 0 Å². The van der Waals surface area contributed by atoms with Gasteiger partial charge in [0.2, 0.25) is 0 Å². The molecule has 0 aliphatic heterocycles. The Bertz CT molecular complexity index is 837. The Labute approximate surface area is 144 Å². The zero-order chi connectivity index (χ0) is 14.3. The van der Waals surface area contributed by atoms with Gasteiger partial charge < -0.3 is 9.55 Å². The summed E-state index contributed by atoms with van der Waals surface area (Å²) < 4.78 is 5.22. The third kappa shape index (κ3) is 2.58. The van der Waals surface area contributed by atoms with E-state index in [1.54, 1.807) is 0 Å². The van der Waals surface area contributed by atoms with Gasteiger partial charge in [-0.15, -0.1) is 0 Å². The quantitative estimate of drug-likeness (QED) is 0.387. The minimum Gasteiger partial charge on any atom is -0.331 e. The van der Waals surface area contributed by atoms with Crippen molar-refractivity contribution in [1.82, 2.24) is 9.55 Å². The number of aromatic nitrogens is 2. The van der Waals surface area contributed by atoms with Crippen molar-refractivity contribution in [3.8, 4) is 0 Å². The molecule has 1 atom stereocenters. The molecule has 0 saturated heterocycles. The molecule has 0 fully saturated rings.